The third-order valence-corrected chi connectivity index (χ3v) is 6.37. The van der Waals surface area contributed by atoms with Crippen molar-refractivity contribution in [2.24, 2.45) is 0 Å². The van der Waals surface area contributed by atoms with E-state index >= 15 is 0 Å². The third kappa shape index (κ3) is 5.44. The molecule has 0 fully saturated rings. The molecule has 0 aliphatic carbocycles. The second-order valence-corrected chi connectivity index (χ2v) is 9.00. The van der Waals surface area contributed by atoms with Gasteiger partial charge in [0.1, 0.15) is 4.90 Å². The molecule has 3 aromatic carbocycles. The van der Waals surface area contributed by atoms with Crippen LogP contribution in [0.1, 0.15) is 27.6 Å². The molecule has 1 N–H and O–H groups in total. The van der Waals surface area contributed by atoms with Crippen LogP contribution in [0.4, 0.5) is 5.69 Å². The molecule has 0 radical (unpaired) electrons. The van der Waals surface area contributed by atoms with Gasteiger partial charge in [0.2, 0.25) is 5.78 Å². The van der Waals surface area contributed by atoms with Gasteiger partial charge in [0, 0.05) is 10.6 Å². The van der Waals surface area contributed by atoms with E-state index in [2.05, 4.69) is 4.72 Å². The van der Waals surface area contributed by atoms with Crippen molar-refractivity contribution in [3.63, 3.8) is 0 Å². The molecule has 6 nitrogen and oxygen atoms in total. The van der Waals surface area contributed by atoms with Gasteiger partial charge >= 0.3 is 5.97 Å². The van der Waals surface area contributed by atoms with E-state index in [1.165, 1.54) is 37.3 Å². The van der Waals surface area contributed by atoms with Crippen molar-refractivity contribution in [2.75, 3.05) is 4.72 Å². The number of anilines is 1. The number of hydrogen-bond donors (Lipinski definition) is 1. The van der Waals surface area contributed by atoms with E-state index in [1.54, 1.807) is 42.5 Å². The Morgan fingerprint density at radius 1 is 0.935 bits per heavy atom. The minimum absolute atomic E-state index is 0.0251. The number of hydrogen-bond acceptors (Lipinski definition) is 5. The van der Waals surface area contributed by atoms with E-state index in [0.29, 0.717) is 5.56 Å². The van der Waals surface area contributed by atoms with Gasteiger partial charge < -0.3 is 4.74 Å². The van der Waals surface area contributed by atoms with Gasteiger partial charge in [0.25, 0.3) is 10.0 Å². The largest absolute Gasteiger partial charge is 0.451 e. The van der Waals surface area contributed by atoms with Crippen molar-refractivity contribution >= 4 is 50.7 Å². The Balaban J connectivity index is 1.84. The highest BCUT2D eigenvalue weighted by Crippen LogP contribution is 2.28. The minimum Gasteiger partial charge on any atom is -0.451 e. The number of halogens is 2. The molecule has 0 bridgehead atoms. The van der Waals surface area contributed by atoms with Gasteiger partial charge in [0.15, 0.2) is 6.10 Å². The number of sulfonamides is 1. The summed E-state index contributed by atoms with van der Waals surface area (Å²) >= 11 is 11.9. The number of carbonyl (C=O) groups excluding carboxylic acids is 2. The first-order valence-corrected chi connectivity index (χ1v) is 11.3. The number of esters is 1. The van der Waals surface area contributed by atoms with Crippen molar-refractivity contribution in [2.45, 2.75) is 17.9 Å². The van der Waals surface area contributed by atoms with Gasteiger partial charge in [-0.05, 0) is 37.3 Å². The zero-order chi connectivity index (χ0) is 22.6. The zero-order valence-corrected chi connectivity index (χ0v) is 18.5. The van der Waals surface area contributed by atoms with E-state index < -0.39 is 22.1 Å². The standard InChI is InChI=1S/C22H17Cl2NO5S/c1-14(21(26)15-7-3-2-4-8-15)30-22(27)17-9-5-6-10-19(17)25-31(28,29)20-13-16(23)11-12-18(20)24/h2-14,25H,1H3. The molecule has 31 heavy (non-hydrogen) atoms. The SMILES string of the molecule is CC(OC(=O)c1ccccc1NS(=O)(=O)c1cc(Cl)ccc1Cl)C(=O)c1ccccc1. The highest BCUT2D eigenvalue weighted by Gasteiger charge is 2.25. The maximum atomic E-state index is 12.8. The lowest BCUT2D eigenvalue weighted by Crippen LogP contribution is -2.25. The molecule has 0 aliphatic heterocycles. The number of ether oxygens (including phenoxy) is 1. The Morgan fingerprint density at radius 3 is 2.29 bits per heavy atom. The van der Waals surface area contributed by atoms with E-state index in [4.69, 9.17) is 27.9 Å². The van der Waals surface area contributed by atoms with Crippen LogP contribution in [0.25, 0.3) is 0 Å². The first kappa shape index (κ1) is 22.8. The second kappa shape index (κ2) is 9.51. The summed E-state index contributed by atoms with van der Waals surface area (Å²) in [6, 6.07) is 18.3. The molecule has 3 aromatic rings. The predicted molar refractivity (Wildman–Crippen MR) is 119 cm³/mol. The first-order valence-electron chi connectivity index (χ1n) is 9.06. The Kier molecular flexibility index (Phi) is 7.00. The fourth-order valence-electron chi connectivity index (χ4n) is 2.75. The lowest BCUT2D eigenvalue weighted by atomic mass is 10.1. The molecule has 0 amide bonds. The van der Waals surface area contributed by atoms with Gasteiger partial charge in [-0.1, -0.05) is 65.7 Å². The third-order valence-electron chi connectivity index (χ3n) is 4.29. The molecule has 0 heterocycles. The van der Waals surface area contributed by atoms with Crippen LogP contribution in [0.2, 0.25) is 10.0 Å². The molecule has 1 unspecified atom stereocenters. The summed E-state index contributed by atoms with van der Waals surface area (Å²) in [4.78, 5) is 24.9. The highest BCUT2D eigenvalue weighted by molar-refractivity contribution is 7.92. The zero-order valence-electron chi connectivity index (χ0n) is 16.2. The van der Waals surface area contributed by atoms with E-state index in [-0.39, 0.29) is 32.0 Å². The molecule has 0 saturated heterocycles. The van der Waals surface area contributed by atoms with E-state index in [0.717, 1.165) is 0 Å². The molecule has 0 saturated carbocycles. The Morgan fingerprint density at radius 2 is 1.58 bits per heavy atom. The van der Waals surface area contributed by atoms with Crippen LogP contribution in [0, 0.1) is 0 Å². The summed E-state index contributed by atoms with van der Waals surface area (Å²) in [5.74, 6) is -1.23. The van der Waals surface area contributed by atoms with Crippen molar-refractivity contribution in [1.82, 2.24) is 0 Å². The Hall–Kier alpha value is -2.87. The number of benzene rings is 3. The maximum absolute atomic E-state index is 12.8. The molecular weight excluding hydrogens is 461 g/mol. The molecule has 3 rings (SSSR count). The van der Waals surface area contributed by atoms with Gasteiger partial charge in [-0.3, -0.25) is 9.52 Å². The van der Waals surface area contributed by atoms with Crippen LogP contribution in [0.5, 0.6) is 0 Å². The summed E-state index contributed by atoms with van der Waals surface area (Å²) < 4.78 is 33.2. The lowest BCUT2D eigenvalue weighted by Gasteiger charge is -2.16. The number of Topliss-reactive ketones (excluding diaryl/α,β-unsaturated/α-hetero) is 1. The molecule has 1 atom stereocenters. The summed E-state index contributed by atoms with van der Waals surface area (Å²) in [5, 5.41) is 0.157. The van der Waals surface area contributed by atoms with Gasteiger partial charge in [-0.15, -0.1) is 0 Å². The van der Waals surface area contributed by atoms with Crippen molar-refractivity contribution in [3.05, 3.63) is 94.0 Å². The van der Waals surface area contributed by atoms with Crippen molar-refractivity contribution in [1.29, 1.82) is 0 Å². The van der Waals surface area contributed by atoms with Gasteiger partial charge in [-0.25, -0.2) is 13.2 Å². The number of ketones is 1. The maximum Gasteiger partial charge on any atom is 0.340 e. The predicted octanol–water partition coefficient (Wildman–Crippen LogP) is 5.22. The Bertz CT molecular complexity index is 1230. The number of rotatable bonds is 7. The number of para-hydroxylation sites is 1. The summed E-state index contributed by atoms with van der Waals surface area (Å²) in [6.07, 6.45) is -1.07. The first-order chi connectivity index (χ1) is 14.7. The van der Waals surface area contributed by atoms with Crippen molar-refractivity contribution in [3.8, 4) is 0 Å². The van der Waals surface area contributed by atoms with Crippen LogP contribution in [-0.2, 0) is 14.8 Å². The molecule has 0 aromatic heterocycles. The topological polar surface area (TPSA) is 89.5 Å². The normalized spacial score (nSPS) is 12.1. The molecule has 0 spiro atoms. The van der Waals surface area contributed by atoms with Crippen LogP contribution >= 0.6 is 23.2 Å². The smallest absolute Gasteiger partial charge is 0.340 e. The second-order valence-electron chi connectivity index (χ2n) is 6.50. The van der Waals surface area contributed by atoms with E-state index in [1.807, 2.05) is 0 Å². The van der Waals surface area contributed by atoms with Crippen LogP contribution < -0.4 is 4.72 Å². The molecular formula is C22H17Cl2NO5S. The fraction of sp³-hybridized carbons (Fsp3) is 0.0909. The quantitative estimate of drug-likeness (QED) is 0.372. The van der Waals surface area contributed by atoms with E-state index in [9.17, 15) is 18.0 Å². The molecule has 160 valence electrons. The minimum atomic E-state index is -4.15. The summed E-state index contributed by atoms with van der Waals surface area (Å²) in [5.41, 5.74) is 0.312. The summed E-state index contributed by atoms with van der Waals surface area (Å²) in [7, 11) is -4.15. The van der Waals surface area contributed by atoms with Crippen LogP contribution in [-0.4, -0.2) is 26.3 Å². The number of nitrogens with one attached hydrogen (secondary N) is 1. The van der Waals surface area contributed by atoms with Gasteiger partial charge in [0.05, 0.1) is 16.3 Å². The Labute approximate surface area is 189 Å². The fourth-order valence-corrected chi connectivity index (χ4v) is 4.59. The lowest BCUT2D eigenvalue weighted by molar-refractivity contribution is 0.0320. The average molecular weight is 478 g/mol. The molecule has 0 aliphatic rings. The van der Waals surface area contributed by atoms with Gasteiger partial charge in [-0.2, -0.15) is 0 Å². The van der Waals surface area contributed by atoms with Crippen LogP contribution in [0.3, 0.4) is 0 Å². The van der Waals surface area contributed by atoms with Crippen LogP contribution in [0.15, 0.2) is 77.7 Å². The summed E-state index contributed by atoms with van der Waals surface area (Å²) in [6.45, 7) is 1.45. The number of carbonyl (C=O) groups is 2. The molecule has 9 heteroatoms. The average Bonchev–Trinajstić information content (AvgIpc) is 2.75. The highest BCUT2D eigenvalue weighted by atomic mass is 35.5. The van der Waals surface area contributed by atoms with Crippen molar-refractivity contribution < 1.29 is 22.7 Å². The monoisotopic (exact) mass is 477 g/mol.